The van der Waals surface area contributed by atoms with Gasteiger partial charge in [0.1, 0.15) is 0 Å². The van der Waals surface area contributed by atoms with Gasteiger partial charge in [0.25, 0.3) is 0 Å². The van der Waals surface area contributed by atoms with Crippen LogP contribution in [0.4, 0.5) is 0 Å². The van der Waals surface area contributed by atoms with Crippen LogP contribution in [0.3, 0.4) is 0 Å². The Bertz CT molecular complexity index is 613. The van der Waals surface area contributed by atoms with Gasteiger partial charge in [0.2, 0.25) is 11.8 Å². The van der Waals surface area contributed by atoms with Crippen molar-refractivity contribution in [2.75, 3.05) is 26.7 Å². The lowest BCUT2D eigenvalue weighted by molar-refractivity contribution is -0.135. The SMILES string of the molecule is COC1CCC2CC(C(=O)N3CCC(C(C)C(=O)NCC4CCCCC4)CC3)NC2C1. The number of nitrogens with zero attached hydrogens (tertiary/aromatic N) is 1. The van der Waals surface area contributed by atoms with E-state index in [1.165, 1.54) is 32.1 Å². The van der Waals surface area contributed by atoms with Crippen molar-refractivity contribution in [1.82, 2.24) is 15.5 Å². The number of fused-ring (bicyclic) bond motifs is 1. The summed E-state index contributed by atoms with van der Waals surface area (Å²) in [6, 6.07) is 0.399. The third-order valence-corrected chi connectivity index (χ3v) is 8.79. The molecule has 6 nitrogen and oxygen atoms in total. The Morgan fingerprint density at radius 1 is 1.03 bits per heavy atom. The molecule has 2 saturated carbocycles. The average molecular weight is 434 g/mol. The number of hydrogen-bond acceptors (Lipinski definition) is 4. The summed E-state index contributed by atoms with van der Waals surface area (Å²) < 4.78 is 5.55. The molecular weight excluding hydrogens is 390 g/mol. The van der Waals surface area contributed by atoms with Gasteiger partial charge in [0, 0.05) is 38.7 Å². The first kappa shape index (κ1) is 23.0. The Labute approximate surface area is 188 Å². The second kappa shape index (κ2) is 10.7. The fraction of sp³-hybridized carbons (Fsp3) is 0.920. The first-order valence-electron chi connectivity index (χ1n) is 12.9. The molecule has 2 amide bonds. The number of rotatable bonds is 6. The molecule has 0 radical (unpaired) electrons. The molecule has 5 unspecified atom stereocenters. The zero-order chi connectivity index (χ0) is 21.8. The molecule has 6 heteroatoms. The molecule has 0 spiro atoms. The fourth-order valence-corrected chi connectivity index (χ4v) is 6.55. The molecule has 5 atom stereocenters. The fourth-order valence-electron chi connectivity index (χ4n) is 6.55. The standard InChI is InChI=1S/C25H43N3O3/c1-17(24(29)26-16-18-6-4-3-5-7-18)19-10-12-28(13-11-19)25(30)23-14-20-8-9-21(31-2)15-22(20)27-23/h17-23,27H,3-16H2,1-2H3,(H,26,29). The third kappa shape index (κ3) is 5.62. The quantitative estimate of drug-likeness (QED) is 0.675. The van der Waals surface area contributed by atoms with Gasteiger partial charge >= 0.3 is 0 Å². The zero-order valence-corrected chi connectivity index (χ0v) is 19.6. The van der Waals surface area contributed by atoms with Gasteiger partial charge in [-0.05, 0) is 69.1 Å². The predicted octanol–water partition coefficient (Wildman–Crippen LogP) is 3.10. The number of ether oxygens (including phenoxy) is 1. The Hall–Kier alpha value is -1.14. The van der Waals surface area contributed by atoms with Crippen LogP contribution in [0.25, 0.3) is 0 Å². The first-order valence-corrected chi connectivity index (χ1v) is 12.9. The number of likely N-dealkylation sites (tertiary alicyclic amines) is 1. The number of carbonyl (C=O) groups excluding carboxylic acids is 2. The van der Waals surface area contributed by atoms with Gasteiger partial charge in [-0.1, -0.05) is 26.2 Å². The Morgan fingerprint density at radius 3 is 2.48 bits per heavy atom. The van der Waals surface area contributed by atoms with E-state index in [4.69, 9.17) is 4.74 Å². The number of methoxy groups -OCH3 is 1. The number of piperidine rings is 1. The molecule has 0 aromatic rings. The summed E-state index contributed by atoms with van der Waals surface area (Å²) in [5.74, 6) is 2.20. The molecule has 2 N–H and O–H groups in total. The summed E-state index contributed by atoms with van der Waals surface area (Å²) in [6.07, 6.45) is 13.0. The van der Waals surface area contributed by atoms with Crippen molar-refractivity contribution in [3.05, 3.63) is 0 Å². The zero-order valence-electron chi connectivity index (χ0n) is 19.6. The van der Waals surface area contributed by atoms with E-state index < -0.39 is 0 Å². The molecule has 2 saturated heterocycles. The predicted molar refractivity (Wildman–Crippen MR) is 122 cm³/mol. The van der Waals surface area contributed by atoms with Crippen molar-refractivity contribution < 1.29 is 14.3 Å². The molecule has 4 rings (SSSR count). The lowest BCUT2D eigenvalue weighted by atomic mass is 9.83. The Morgan fingerprint density at radius 2 is 1.77 bits per heavy atom. The van der Waals surface area contributed by atoms with Gasteiger partial charge in [-0.3, -0.25) is 9.59 Å². The van der Waals surface area contributed by atoms with Crippen molar-refractivity contribution in [3.8, 4) is 0 Å². The molecule has 0 aromatic heterocycles. The van der Waals surface area contributed by atoms with Crippen molar-refractivity contribution in [2.24, 2.45) is 23.7 Å². The van der Waals surface area contributed by atoms with Crippen LogP contribution in [0.15, 0.2) is 0 Å². The van der Waals surface area contributed by atoms with E-state index >= 15 is 0 Å². The highest BCUT2D eigenvalue weighted by Gasteiger charge is 2.42. The highest BCUT2D eigenvalue weighted by molar-refractivity contribution is 5.82. The summed E-state index contributed by atoms with van der Waals surface area (Å²) in [7, 11) is 1.80. The van der Waals surface area contributed by atoms with Crippen LogP contribution in [0.5, 0.6) is 0 Å². The van der Waals surface area contributed by atoms with Gasteiger partial charge in [-0.15, -0.1) is 0 Å². The van der Waals surface area contributed by atoms with E-state index in [1.807, 2.05) is 4.90 Å². The van der Waals surface area contributed by atoms with Crippen LogP contribution in [-0.2, 0) is 14.3 Å². The molecule has 4 aliphatic rings. The summed E-state index contributed by atoms with van der Waals surface area (Å²) in [5.41, 5.74) is 0. The van der Waals surface area contributed by atoms with Crippen LogP contribution in [-0.4, -0.2) is 61.6 Å². The van der Waals surface area contributed by atoms with E-state index in [0.717, 1.165) is 58.2 Å². The van der Waals surface area contributed by atoms with Crippen molar-refractivity contribution in [1.29, 1.82) is 0 Å². The van der Waals surface area contributed by atoms with E-state index in [1.54, 1.807) is 7.11 Å². The number of nitrogens with one attached hydrogen (secondary N) is 2. The minimum absolute atomic E-state index is 0.0293. The van der Waals surface area contributed by atoms with Crippen molar-refractivity contribution >= 4 is 11.8 Å². The molecular formula is C25H43N3O3. The normalized spacial score (nSPS) is 33.7. The summed E-state index contributed by atoms with van der Waals surface area (Å²) in [6.45, 7) is 4.50. The molecule has 2 aliphatic carbocycles. The molecule has 4 fully saturated rings. The van der Waals surface area contributed by atoms with Gasteiger partial charge < -0.3 is 20.3 Å². The minimum atomic E-state index is -0.0293. The molecule has 0 bridgehead atoms. The van der Waals surface area contributed by atoms with Gasteiger partial charge in [0.05, 0.1) is 12.1 Å². The maximum absolute atomic E-state index is 13.1. The van der Waals surface area contributed by atoms with E-state index in [0.29, 0.717) is 29.9 Å². The van der Waals surface area contributed by atoms with Crippen LogP contribution < -0.4 is 10.6 Å². The largest absolute Gasteiger partial charge is 0.381 e. The maximum atomic E-state index is 13.1. The molecule has 0 aromatic carbocycles. The highest BCUT2D eigenvalue weighted by Crippen LogP contribution is 2.35. The van der Waals surface area contributed by atoms with Crippen LogP contribution >= 0.6 is 0 Å². The highest BCUT2D eigenvalue weighted by atomic mass is 16.5. The molecule has 2 aliphatic heterocycles. The number of carbonyl (C=O) groups is 2. The van der Waals surface area contributed by atoms with E-state index in [-0.39, 0.29) is 23.8 Å². The van der Waals surface area contributed by atoms with E-state index in [9.17, 15) is 9.59 Å². The first-order chi connectivity index (χ1) is 15.0. The topological polar surface area (TPSA) is 70.7 Å². The monoisotopic (exact) mass is 433 g/mol. The third-order valence-electron chi connectivity index (χ3n) is 8.79. The lowest BCUT2D eigenvalue weighted by Gasteiger charge is -2.36. The summed E-state index contributed by atoms with van der Waals surface area (Å²) in [5, 5.41) is 6.84. The van der Waals surface area contributed by atoms with Crippen LogP contribution in [0.2, 0.25) is 0 Å². The Balaban J connectivity index is 1.19. The minimum Gasteiger partial charge on any atom is -0.381 e. The van der Waals surface area contributed by atoms with Crippen LogP contribution in [0.1, 0.15) is 77.6 Å². The van der Waals surface area contributed by atoms with Crippen molar-refractivity contribution in [2.45, 2.75) is 95.7 Å². The smallest absolute Gasteiger partial charge is 0.239 e. The van der Waals surface area contributed by atoms with E-state index in [2.05, 4.69) is 17.6 Å². The molecule has 176 valence electrons. The summed E-state index contributed by atoms with van der Waals surface area (Å²) >= 11 is 0. The van der Waals surface area contributed by atoms with Crippen LogP contribution in [0, 0.1) is 23.7 Å². The summed E-state index contributed by atoms with van der Waals surface area (Å²) in [4.78, 5) is 27.9. The van der Waals surface area contributed by atoms with Crippen molar-refractivity contribution in [3.63, 3.8) is 0 Å². The maximum Gasteiger partial charge on any atom is 0.239 e. The van der Waals surface area contributed by atoms with Gasteiger partial charge in [-0.25, -0.2) is 0 Å². The molecule has 2 heterocycles. The second-order valence-corrected chi connectivity index (χ2v) is 10.7. The second-order valence-electron chi connectivity index (χ2n) is 10.7. The number of hydrogen-bond donors (Lipinski definition) is 2. The van der Waals surface area contributed by atoms with Gasteiger partial charge in [0.15, 0.2) is 0 Å². The molecule has 31 heavy (non-hydrogen) atoms. The number of amides is 2. The lowest BCUT2D eigenvalue weighted by Crippen LogP contribution is -2.49. The average Bonchev–Trinajstić information content (AvgIpc) is 3.25. The van der Waals surface area contributed by atoms with Gasteiger partial charge in [-0.2, -0.15) is 0 Å². The Kier molecular flexibility index (Phi) is 7.91.